The quantitative estimate of drug-likeness (QED) is 0.650. The Morgan fingerprint density at radius 3 is 2.52 bits per heavy atom. The second-order valence-electron chi connectivity index (χ2n) is 8.79. The van der Waals surface area contributed by atoms with Crippen LogP contribution in [0.3, 0.4) is 0 Å². The molecule has 2 unspecified atom stereocenters. The number of carbonyl (C=O) groups excluding carboxylic acids is 2. The number of benzene rings is 1. The maximum Gasteiger partial charge on any atom is 0.243 e. The Bertz CT molecular complexity index is 737. The van der Waals surface area contributed by atoms with Gasteiger partial charge in [0.2, 0.25) is 11.8 Å². The lowest BCUT2D eigenvalue weighted by molar-refractivity contribution is -0.137. The summed E-state index contributed by atoms with van der Waals surface area (Å²) in [7, 11) is 1.65. The number of methoxy groups -OCH3 is 1. The van der Waals surface area contributed by atoms with E-state index in [1.165, 1.54) is 19.1 Å². The first-order valence-electron chi connectivity index (χ1n) is 11.2. The van der Waals surface area contributed by atoms with Crippen molar-refractivity contribution in [2.24, 2.45) is 5.73 Å². The first kappa shape index (κ1) is 23.6. The minimum Gasteiger partial charge on any atom is -0.383 e. The van der Waals surface area contributed by atoms with Gasteiger partial charge in [-0.3, -0.25) is 14.5 Å². The smallest absolute Gasteiger partial charge is 0.243 e. The molecule has 1 saturated heterocycles. The van der Waals surface area contributed by atoms with Crippen molar-refractivity contribution in [2.45, 2.75) is 69.7 Å². The molecule has 0 spiro atoms. The van der Waals surface area contributed by atoms with Crippen LogP contribution in [-0.2, 0) is 20.9 Å². The van der Waals surface area contributed by atoms with E-state index in [2.05, 4.69) is 10.2 Å². The van der Waals surface area contributed by atoms with Crippen molar-refractivity contribution >= 4 is 11.8 Å². The van der Waals surface area contributed by atoms with Gasteiger partial charge in [-0.05, 0) is 49.8 Å². The molecule has 0 radical (unpaired) electrons. The van der Waals surface area contributed by atoms with Crippen LogP contribution in [0.2, 0.25) is 0 Å². The number of rotatable bonds is 8. The van der Waals surface area contributed by atoms with Crippen LogP contribution in [0.5, 0.6) is 0 Å². The molecular formula is C23H35FN4O3. The SMILES string of the molecule is COCCN(Cc1ccc(F)cc1)C1CC(C(=O)NC2CCC(N)CC2)N(C(C)=O)C1. The number of halogens is 1. The molecule has 31 heavy (non-hydrogen) atoms. The molecule has 2 aliphatic rings. The van der Waals surface area contributed by atoms with Gasteiger partial charge in [0, 0.05) is 51.8 Å². The van der Waals surface area contributed by atoms with Crippen LogP contribution in [0.25, 0.3) is 0 Å². The Balaban J connectivity index is 1.68. The van der Waals surface area contributed by atoms with Crippen molar-refractivity contribution in [1.29, 1.82) is 0 Å². The van der Waals surface area contributed by atoms with Crippen molar-refractivity contribution in [3.05, 3.63) is 35.6 Å². The minimum absolute atomic E-state index is 0.0274. The maximum absolute atomic E-state index is 13.3. The summed E-state index contributed by atoms with van der Waals surface area (Å²) in [5, 5.41) is 3.15. The molecule has 3 N–H and O–H groups in total. The highest BCUT2D eigenvalue weighted by molar-refractivity contribution is 5.87. The van der Waals surface area contributed by atoms with Crippen LogP contribution in [0.1, 0.15) is 44.6 Å². The molecule has 0 aromatic heterocycles. The predicted molar refractivity (Wildman–Crippen MR) is 117 cm³/mol. The Hall–Kier alpha value is -2.03. The molecule has 0 bridgehead atoms. The van der Waals surface area contributed by atoms with Gasteiger partial charge in [0.25, 0.3) is 0 Å². The highest BCUT2D eigenvalue weighted by Gasteiger charge is 2.41. The number of ether oxygens (including phenoxy) is 1. The summed E-state index contributed by atoms with van der Waals surface area (Å²) in [5.41, 5.74) is 6.96. The van der Waals surface area contributed by atoms with E-state index in [-0.39, 0.29) is 35.8 Å². The fraction of sp³-hybridized carbons (Fsp3) is 0.652. The molecule has 2 atom stereocenters. The van der Waals surface area contributed by atoms with Gasteiger partial charge in [0.15, 0.2) is 0 Å². The third-order valence-electron chi connectivity index (χ3n) is 6.50. The summed E-state index contributed by atoms with van der Waals surface area (Å²) in [5.74, 6) is -0.440. The number of nitrogens with one attached hydrogen (secondary N) is 1. The summed E-state index contributed by atoms with van der Waals surface area (Å²) in [4.78, 5) is 29.3. The molecule has 2 fully saturated rings. The lowest BCUT2D eigenvalue weighted by Crippen LogP contribution is -2.49. The van der Waals surface area contributed by atoms with Gasteiger partial charge in [-0.1, -0.05) is 12.1 Å². The lowest BCUT2D eigenvalue weighted by atomic mass is 9.91. The highest BCUT2D eigenvalue weighted by Crippen LogP contribution is 2.25. The van der Waals surface area contributed by atoms with E-state index >= 15 is 0 Å². The van der Waals surface area contributed by atoms with Crippen LogP contribution < -0.4 is 11.1 Å². The van der Waals surface area contributed by atoms with Crippen LogP contribution in [0.4, 0.5) is 4.39 Å². The third kappa shape index (κ3) is 6.48. The minimum atomic E-state index is -0.476. The van der Waals surface area contributed by atoms with Gasteiger partial charge in [-0.2, -0.15) is 0 Å². The molecule has 7 nitrogen and oxygen atoms in total. The molecule has 3 rings (SSSR count). The van der Waals surface area contributed by atoms with E-state index in [9.17, 15) is 14.0 Å². The largest absolute Gasteiger partial charge is 0.383 e. The van der Waals surface area contributed by atoms with Gasteiger partial charge >= 0.3 is 0 Å². The zero-order valence-corrected chi connectivity index (χ0v) is 18.6. The average molecular weight is 435 g/mol. The number of nitrogens with zero attached hydrogens (tertiary/aromatic N) is 2. The van der Waals surface area contributed by atoms with Crippen LogP contribution in [0.15, 0.2) is 24.3 Å². The van der Waals surface area contributed by atoms with Gasteiger partial charge in [-0.15, -0.1) is 0 Å². The highest BCUT2D eigenvalue weighted by atomic mass is 19.1. The molecule has 2 amide bonds. The lowest BCUT2D eigenvalue weighted by Gasteiger charge is -2.29. The van der Waals surface area contributed by atoms with E-state index in [4.69, 9.17) is 10.5 Å². The second kappa shape index (κ2) is 11.0. The van der Waals surface area contributed by atoms with E-state index in [0.717, 1.165) is 31.2 Å². The van der Waals surface area contributed by atoms with Gasteiger partial charge in [-0.25, -0.2) is 4.39 Å². The molecule has 1 saturated carbocycles. The van der Waals surface area contributed by atoms with Gasteiger partial charge < -0.3 is 20.7 Å². The van der Waals surface area contributed by atoms with Crippen LogP contribution >= 0.6 is 0 Å². The van der Waals surface area contributed by atoms with E-state index in [0.29, 0.717) is 32.7 Å². The van der Waals surface area contributed by atoms with Crippen LogP contribution in [0, 0.1) is 5.82 Å². The number of hydrogen-bond acceptors (Lipinski definition) is 5. The van der Waals surface area contributed by atoms with E-state index in [1.807, 2.05) is 0 Å². The van der Waals surface area contributed by atoms with Gasteiger partial charge in [0.1, 0.15) is 11.9 Å². The molecule has 8 heteroatoms. The normalized spacial score (nSPS) is 26.3. The van der Waals surface area contributed by atoms with Gasteiger partial charge in [0.05, 0.1) is 6.61 Å². The summed E-state index contributed by atoms with van der Waals surface area (Å²) >= 11 is 0. The molecular weight excluding hydrogens is 399 g/mol. The first-order valence-corrected chi connectivity index (χ1v) is 11.2. The summed E-state index contributed by atoms with van der Waals surface area (Å²) in [6, 6.07) is 6.34. The van der Waals surface area contributed by atoms with Crippen LogP contribution in [-0.4, -0.2) is 72.6 Å². The van der Waals surface area contributed by atoms with Crippen molar-refractivity contribution in [3.63, 3.8) is 0 Å². The monoisotopic (exact) mass is 434 g/mol. The summed E-state index contributed by atoms with van der Waals surface area (Å²) in [6.45, 7) is 3.82. The van der Waals surface area contributed by atoms with E-state index in [1.54, 1.807) is 24.1 Å². The van der Waals surface area contributed by atoms with Crippen molar-refractivity contribution in [1.82, 2.24) is 15.1 Å². The number of amides is 2. The molecule has 1 aliphatic carbocycles. The standard InChI is InChI=1S/C23H35FN4O3/c1-16(29)28-15-21(13-22(28)23(30)26-20-9-7-19(25)8-10-20)27(11-12-31-2)14-17-3-5-18(24)6-4-17/h3-6,19-22H,7-15,25H2,1-2H3,(H,26,30). The van der Waals surface area contributed by atoms with Crippen molar-refractivity contribution < 1.29 is 18.7 Å². The fourth-order valence-electron chi connectivity index (χ4n) is 4.66. The zero-order chi connectivity index (χ0) is 22.4. The molecule has 1 heterocycles. The maximum atomic E-state index is 13.3. The van der Waals surface area contributed by atoms with Crippen molar-refractivity contribution in [2.75, 3.05) is 26.8 Å². The third-order valence-corrected chi connectivity index (χ3v) is 6.50. The zero-order valence-electron chi connectivity index (χ0n) is 18.6. The number of hydrogen-bond donors (Lipinski definition) is 2. The number of carbonyl (C=O) groups is 2. The molecule has 1 aliphatic heterocycles. The van der Waals surface area contributed by atoms with E-state index < -0.39 is 6.04 Å². The summed E-state index contributed by atoms with van der Waals surface area (Å²) in [6.07, 6.45) is 4.16. The molecule has 172 valence electrons. The average Bonchev–Trinajstić information content (AvgIpc) is 3.20. The summed E-state index contributed by atoms with van der Waals surface area (Å²) < 4.78 is 18.6. The molecule has 1 aromatic rings. The Kier molecular flexibility index (Phi) is 8.40. The Morgan fingerprint density at radius 1 is 1.23 bits per heavy atom. The first-order chi connectivity index (χ1) is 14.9. The topological polar surface area (TPSA) is 87.9 Å². The second-order valence-corrected chi connectivity index (χ2v) is 8.79. The number of likely N-dealkylation sites (tertiary alicyclic amines) is 1. The Morgan fingerprint density at radius 2 is 1.90 bits per heavy atom. The fourth-order valence-corrected chi connectivity index (χ4v) is 4.66. The Labute approximate surface area is 184 Å². The molecule has 1 aromatic carbocycles. The predicted octanol–water partition coefficient (Wildman–Crippen LogP) is 1.65. The van der Waals surface area contributed by atoms with Crippen molar-refractivity contribution in [3.8, 4) is 0 Å². The number of nitrogens with two attached hydrogens (primary N) is 1.